The van der Waals surface area contributed by atoms with Gasteiger partial charge in [0.2, 0.25) is 0 Å². The fourth-order valence-electron chi connectivity index (χ4n) is 1.11. The summed E-state index contributed by atoms with van der Waals surface area (Å²) in [4.78, 5) is 0.721. The second kappa shape index (κ2) is 7.98. The van der Waals surface area contributed by atoms with Crippen LogP contribution in [0.25, 0.3) is 0 Å². The van der Waals surface area contributed by atoms with Crippen molar-refractivity contribution in [3.63, 3.8) is 0 Å². The lowest BCUT2D eigenvalue weighted by molar-refractivity contribution is 0.250. The van der Waals surface area contributed by atoms with Crippen LogP contribution < -0.4 is 0 Å². The van der Waals surface area contributed by atoms with E-state index in [4.69, 9.17) is 5.11 Å². The van der Waals surface area contributed by atoms with Gasteiger partial charge >= 0.3 is 0 Å². The normalized spacial score (nSPS) is 12.7. The zero-order chi connectivity index (χ0) is 11.8. The third kappa shape index (κ3) is 5.23. The Morgan fingerprint density at radius 3 is 2.75 bits per heavy atom. The molecule has 0 spiro atoms. The molecule has 1 aromatic carbocycles. The third-order valence-electron chi connectivity index (χ3n) is 2.04. The second-order valence-electron chi connectivity index (χ2n) is 3.64. The van der Waals surface area contributed by atoms with E-state index in [1.165, 1.54) is 6.07 Å². The number of rotatable bonds is 7. The SMILES string of the molecule is CC(CO)CSCCSc1ccccc1F. The van der Waals surface area contributed by atoms with E-state index in [9.17, 15) is 4.39 Å². The number of benzene rings is 1. The zero-order valence-electron chi connectivity index (χ0n) is 9.36. The van der Waals surface area contributed by atoms with Crippen molar-refractivity contribution >= 4 is 23.5 Å². The molecule has 0 bridgehead atoms. The van der Waals surface area contributed by atoms with E-state index in [2.05, 4.69) is 0 Å². The zero-order valence-corrected chi connectivity index (χ0v) is 11.0. The largest absolute Gasteiger partial charge is 0.396 e. The predicted molar refractivity (Wildman–Crippen MR) is 70.7 cm³/mol. The average Bonchev–Trinajstić information content (AvgIpc) is 2.30. The van der Waals surface area contributed by atoms with Crippen LogP contribution in [0.2, 0.25) is 0 Å². The third-order valence-corrected chi connectivity index (χ3v) is 4.64. The molecule has 4 heteroatoms. The van der Waals surface area contributed by atoms with E-state index < -0.39 is 0 Å². The number of hydrogen-bond donors (Lipinski definition) is 1. The van der Waals surface area contributed by atoms with E-state index in [0.29, 0.717) is 5.92 Å². The van der Waals surface area contributed by atoms with Gasteiger partial charge in [0.1, 0.15) is 5.82 Å². The Balaban J connectivity index is 2.14. The van der Waals surface area contributed by atoms with Crippen molar-refractivity contribution < 1.29 is 9.50 Å². The van der Waals surface area contributed by atoms with Gasteiger partial charge in [-0.05, 0) is 23.8 Å². The van der Waals surface area contributed by atoms with Crippen molar-refractivity contribution in [3.8, 4) is 0 Å². The van der Waals surface area contributed by atoms with Crippen molar-refractivity contribution in [3.05, 3.63) is 30.1 Å². The van der Waals surface area contributed by atoms with E-state index >= 15 is 0 Å². The summed E-state index contributed by atoms with van der Waals surface area (Å²) in [5.74, 6) is 3.08. The van der Waals surface area contributed by atoms with Crippen LogP contribution in [0.15, 0.2) is 29.2 Å². The summed E-state index contributed by atoms with van der Waals surface area (Å²) in [5, 5.41) is 8.84. The number of aliphatic hydroxyl groups excluding tert-OH is 1. The Hall–Kier alpha value is -0.190. The van der Waals surface area contributed by atoms with Crippen LogP contribution in [0.3, 0.4) is 0 Å². The van der Waals surface area contributed by atoms with Gasteiger partial charge in [-0.1, -0.05) is 19.1 Å². The standard InChI is InChI=1S/C12H17FOS2/c1-10(8-14)9-15-6-7-16-12-5-3-2-4-11(12)13/h2-5,10,14H,6-9H2,1H3. The molecule has 1 nitrogen and oxygen atoms in total. The topological polar surface area (TPSA) is 20.2 Å². The minimum atomic E-state index is -0.138. The summed E-state index contributed by atoms with van der Waals surface area (Å²) in [6.07, 6.45) is 0. The fourth-order valence-corrected chi connectivity index (χ4v) is 3.19. The maximum absolute atomic E-state index is 13.2. The molecule has 1 rings (SSSR count). The summed E-state index contributed by atoms with van der Waals surface area (Å²) < 4.78 is 13.2. The highest BCUT2D eigenvalue weighted by atomic mass is 32.2. The van der Waals surface area contributed by atoms with Crippen LogP contribution in [-0.4, -0.2) is 29.0 Å². The molecule has 0 aliphatic carbocycles. The molecule has 0 aliphatic heterocycles. The molecule has 0 saturated heterocycles. The Morgan fingerprint density at radius 1 is 1.31 bits per heavy atom. The van der Waals surface area contributed by atoms with Gasteiger partial charge in [0.15, 0.2) is 0 Å². The molecule has 0 aromatic heterocycles. The molecule has 0 fully saturated rings. The maximum atomic E-state index is 13.2. The molecule has 1 unspecified atom stereocenters. The second-order valence-corrected chi connectivity index (χ2v) is 5.93. The summed E-state index contributed by atoms with van der Waals surface area (Å²) >= 11 is 3.36. The molecule has 0 radical (unpaired) electrons. The van der Waals surface area contributed by atoms with Crippen LogP contribution in [-0.2, 0) is 0 Å². The first kappa shape index (κ1) is 13.9. The number of halogens is 1. The van der Waals surface area contributed by atoms with Crippen LogP contribution in [0.4, 0.5) is 4.39 Å². The van der Waals surface area contributed by atoms with E-state index in [1.807, 2.05) is 24.8 Å². The van der Waals surface area contributed by atoms with Crippen molar-refractivity contribution in [2.45, 2.75) is 11.8 Å². The van der Waals surface area contributed by atoms with Gasteiger partial charge in [-0.2, -0.15) is 11.8 Å². The molecule has 0 amide bonds. The molecular weight excluding hydrogens is 243 g/mol. The monoisotopic (exact) mass is 260 g/mol. The summed E-state index contributed by atoms with van der Waals surface area (Å²) in [5.41, 5.74) is 0. The van der Waals surface area contributed by atoms with Crippen LogP contribution in [0, 0.1) is 11.7 Å². The lowest BCUT2D eigenvalue weighted by Gasteiger charge is -2.07. The summed E-state index contributed by atoms with van der Waals surface area (Å²) in [6, 6.07) is 6.85. The van der Waals surface area contributed by atoms with Crippen LogP contribution in [0.1, 0.15) is 6.92 Å². The molecular formula is C12H17FOS2. The highest BCUT2D eigenvalue weighted by Gasteiger charge is 2.02. The summed E-state index contributed by atoms with van der Waals surface area (Å²) in [6.45, 7) is 2.27. The number of aliphatic hydroxyl groups is 1. The van der Waals surface area contributed by atoms with Crippen LogP contribution >= 0.6 is 23.5 Å². The van der Waals surface area contributed by atoms with Gasteiger partial charge in [-0.3, -0.25) is 0 Å². The molecule has 1 N–H and O–H groups in total. The first-order chi connectivity index (χ1) is 7.74. The van der Waals surface area contributed by atoms with Crippen LogP contribution in [0.5, 0.6) is 0 Å². The maximum Gasteiger partial charge on any atom is 0.136 e. The Kier molecular flexibility index (Phi) is 6.92. The summed E-state index contributed by atoms with van der Waals surface area (Å²) in [7, 11) is 0. The number of thioether (sulfide) groups is 2. The van der Waals surface area contributed by atoms with E-state index in [0.717, 1.165) is 22.2 Å². The van der Waals surface area contributed by atoms with Crippen molar-refractivity contribution in [2.75, 3.05) is 23.9 Å². The van der Waals surface area contributed by atoms with Gasteiger partial charge in [0, 0.05) is 23.0 Å². The number of hydrogen-bond acceptors (Lipinski definition) is 3. The highest BCUT2D eigenvalue weighted by Crippen LogP contribution is 2.22. The van der Waals surface area contributed by atoms with Gasteiger partial charge < -0.3 is 5.11 Å². The molecule has 0 aliphatic rings. The molecule has 16 heavy (non-hydrogen) atoms. The molecule has 0 saturated carbocycles. The van der Waals surface area contributed by atoms with Gasteiger partial charge in [0.05, 0.1) is 0 Å². The lowest BCUT2D eigenvalue weighted by Crippen LogP contribution is -2.04. The van der Waals surface area contributed by atoms with Crippen molar-refractivity contribution in [1.82, 2.24) is 0 Å². The Bertz CT molecular complexity index is 307. The lowest BCUT2D eigenvalue weighted by atomic mass is 10.2. The molecule has 1 aromatic rings. The quantitative estimate of drug-likeness (QED) is 0.600. The smallest absolute Gasteiger partial charge is 0.136 e. The Labute approximate surface area is 105 Å². The van der Waals surface area contributed by atoms with Crippen molar-refractivity contribution in [1.29, 1.82) is 0 Å². The highest BCUT2D eigenvalue weighted by molar-refractivity contribution is 8.02. The molecule has 1 atom stereocenters. The minimum absolute atomic E-state index is 0.138. The molecule has 0 heterocycles. The minimum Gasteiger partial charge on any atom is -0.396 e. The van der Waals surface area contributed by atoms with Gasteiger partial charge in [0.25, 0.3) is 0 Å². The average molecular weight is 260 g/mol. The molecule has 90 valence electrons. The van der Waals surface area contributed by atoms with Gasteiger partial charge in [-0.25, -0.2) is 4.39 Å². The first-order valence-electron chi connectivity index (χ1n) is 5.30. The van der Waals surface area contributed by atoms with E-state index in [-0.39, 0.29) is 12.4 Å². The predicted octanol–water partition coefficient (Wildman–Crippen LogP) is 3.28. The fraction of sp³-hybridized carbons (Fsp3) is 0.500. The van der Waals surface area contributed by atoms with Gasteiger partial charge in [-0.15, -0.1) is 11.8 Å². The first-order valence-corrected chi connectivity index (χ1v) is 7.44. The Morgan fingerprint density at radius 2 is 2.06 bits per heavy atom. The van der Waals surface area contributed by atoms with E-state index in [1.54, 1.807) is 23.9 Å². The van der Waals surface area contributed by atoms with Crippen molar-refractivity contribution in [2.24, 2.45) is 5.92 Å².